The van der Waals surface area contributed by atoms with E-state index in [-0.39, 0.29) is 57.5 Å². The first-order valence-corrected chi connectivity index (χ1v) is 19.8. The number of urea groups is 1. The Morgan fingerprint density at radius 2 is 1.53 bits per heavy atom. The van der Waals surface area contributed by atoms with Crippen molar-refractivity contribution in [2.75, 3.05) is 36.6 Å². The zero-order valence-electron chi connectivity index (χ0n) is 27.6. The van der Waals surface area contributed by atoms with E-state index < -0.39 is 56.9 Å². The second-order valence-electron chi connectivity index (χ2n) is 9.71. The number of rotatable bonds is 12. The Morgan fingerprint density at radius 1 is 0.887 bits per heavy atom. The van der Waals surface area contributed by atoms with Crippen LogP contribution in [0.2, 0.25) is 10.0 Å². The molecule has 0 aliphatic rings. The summed E-state index contributed by atoms with van der Waals surface area (Å²) in [5.41, 5.74) is -0.0967. The molecule has 1 aromatic carbocycles. The third-order valence-electron chi connectivity index (χ3n) is 6.21. The van der Waals surface area contributed by atoms with Crippen LogP contribution in [-0.2, 0) is 29.9 Å². The quantitative estimate of drug-likeness (QED) is 0.153. The van der Waals surface area contributed by atoms with E-state index in [1.165, 1.54) is 45.4 Å². The van der Waals surface area contributed by atoms with Gasteiger partial charge in [0.05, 0.1) is 48.4 Å². The standard InChI is InChI=1S/C14H17N5O7S2.C13H10Cl2FN5O3S/c1-4-27(21,22)9-6-5-7-15-12(9)28(23,24)19-14(20)18-13-16-10(25-2)8-11(17-13)26-3;1-2-24-13-17-9(16)6-10-18-12(19-21(10)13)25(22,23)20-11-7(14)4-3-5-8(11)15/h5-8H,4H2,1-3H3,(H2,16,17,18,19,20);3-6,20H,2H2,1H3. The second kappa shape index (κ2) is 16.7. The number of aromatic nitrogens is 7. The van der Waals surface area contributed by atoms with Gasteiger partial charge in [0.15, 0.2) is 20.5 Å². The first-order valence-electron chi connectivity index (χ1n) is 14.5. The highest BCUT2D eigenvalue weighted by Crippen LogP contribution is 2.31. The van der Waals surface area contributed by atoms with Gasteiger partial charge in [0, 0.05) is 12.3 Å². The molecule has 0 fully saturated rings. The molecule has 0 saturated carbocycles. The number of pyridine rings is 1. The Kier molecular flexibility index (Phi) is 12.8. The molecule has 0 spiro atoms. The number of hydrogen-bond acceptors (Lipinski definition) is 16. The molecule has 5 rings (SSSR count). The van der Waals surface area contributed by atoms with E-state index in [4.69, 9.17) is 37.4 Å². The van der Waals surface area contributed by atoms with Crippen LogP contribution in [0.15, 0.2) is 63.7 Å². The number of anilines is 2. The van der Waals surface area contributed by atoms with E-state index in [0.717, 1.165) is 22.8 Å². The van der Waals surface area contributed by atoms with Crippen LogP contribution in [-0.4, -0.2) is 92.4 Å². The predicted octanol–water partition coefficient (Wildman–Crippen LogP) is 2.96. The zero-order valence-corrected chi connectivity index (χ0v) is 31.6. The average Bonchev–Trinajstić information content (AvgIpc) is 3.55. The molecule has 0 atom stereocenters. The Bertz CT molecular complexity index is 2450. The van der Waals surface area contributed by atoms with Crippen molar-refractivity contribution in [2.45, 2.75) is 28.9 Å². The van der Waals surface area contributed by atoms with Crippen molar-refractivity contribution in [1.29, 1.82) is 0 Å². The lowest BCUT2D eigenvalue weighted by Crippen LogP contribution is -2.36. The van der Waals surface area contributed by atoms with Gasteiger partial charge in [-0.1, -0.05) is 36.2 Å². The number of nitrogens with zero attached hydrogens (tertiary/aromatic N) is 7. The first-order chi connectivity index (χ1) is 24.9. The van der Waals surface area contributed by atoms with Gasteiger partial charge in [-0.3, -0.25) is 10.0 Å². The minimum Gasteiger partial charge on any atom is -0.481 e. The fraction of sp³-hybridized carbons (Fsp3) is 0.222. The fourth-order valence-corrected chi connectivity index (χ4v) is 8.00. The Morgan fingerprint density at radius 3 is 2.11 bits per heavy atom. The molecule has 0 bridgehead atoms. The molecule has 53 heavy (non-hydrogen) atoms. The van der Waals surface area contributed by atoms with Crippen molar-refractivity contribution < 1.29 is 48.6 Å². The van der Waals surface area contributed by atoms with Crippen LogP contribution in [0, 0.1) is 5.95 Å². The molecular weight excluding hydrogens is 810 g/mol. The van der Waals surface area contributed by atoms with E-state index in [1.807, 2.05) is 0 Å². The molecule has 20 nitrogen and oxygen atoms in total. The first kappa shape index (κ1) is 40.6. The molecule has 0 aliphatic heterocycles. The highest BCUT2D eigenvalue weighted by Gasteiger charge is 2.29. The number of benzene rings is 1. The second-order valence-corrected chi connectivity index (χ2v) is 15.9. The molecule has 4 heterocycles. The van der Waals surface area contributed by atoms with Crippen molar-refractivity contribution in [1.82, 2.24) is 39.3 Å². The Balaban J connectivity index is 0.000000238. The topological polar surface area (TPSA) is 265 Å². The number of carbonyl (C=O) groups is 1. The molecule has 0 saturated heterocycles. The van der Waals surface area contributed by atoms with E-state index in [1.54, 1.807) is 17.7 Å². The molecule has 0 unspecified atom stereocenters. The number of methoxy groups -OCH3 is 2. The highest BCUT2D eigenvalue weighted by molar-refractivity contribution is 7.94. The molecule has 3 N–H and O–H groups in total. The maximum absolute atomic E-state index is 13.5. The van der Waals surface area contributed by atoms with Crippen LogP contribution in [0.4, 0.5) is 20.8 Å². The van der Waals surface area contributed by atoms with E-state index in [0.29, 0.717) is 0 Å². The molecular formula is C27H27Cl2FN10O10S3. The smallest absolute Gasteiger partial charge is 0.335 e. The normalized spacial score (nSPS) is 11.6. The van der Waals surface area contributed by atoms with Gasteiger partial charge in [0.25, 0.3) is 25.2 Å². The number of halogens is 3. The van der Waals surface area contributed by atoms with Crippen molar-refractivity contribution in [3.05, 3.63) is 64.7 Å². The zero-order chi connectivity index (χ0) is 39.1. The van der Waals surface area contributed by atoms with Crippen molar-refractivity contribution in [3.63, 3.8) is 0 Å². The maximum atomic E-state index is 13.5. The third-order valence-corrected chi connectivity index (χ3v) is 11.1. The van der Waals surface area contributed by atoms with Crippen LogP contribution in [0.3, 0.4) is 0 Å². The Hall–Kier alpha value is -5.17. The average molecular weight is 838 g/mol. The van der Waals surface area contributed by atoms with Crippen LogP contribution in [0.5, 0.6) is 17.8 Å². The Labute approximate surface area is 311 Å². The summed E-state index contributed by atoms with van der Waals surface area (Å²) in [5, 5.41) is 4.70. The number of amides is 2. The summed E-state index contributed by atoms with van der Waals surface area (Å²) in [5.74, 6) is -1.40. The molecule has 4 aromatic heterocycles. The van der Waals surface area contributed by atoms with Crippen LogP contribution in [0.1, 0.15) is 13.8 Å². The SMILES string of the molecule is CCOc1nc(F)cc2nc(S(=O)(=O)Nc3c(Cl)cccc3Cl)nn12.CCS(=O)(=O)c1cccnc1S(=O)(=O)NC(=O)Nc1nc(OC)cc(OC)n1. The molecule has 5 aromatic rings. The van der Waals surface area contributed by atoms with E-state index >= 15 is 0 Å². The summed E-state index contributed by atoms with van der Waals surface area (Å²) in [4.78, 5) is 30.1. The predicted molar refractivity (Wildman–Crippen MR) is 186 cm³/mol. The summed E-state index contributed by atoms with van der Waals surface area (Å²) in [7, 11) is -10.1. The third kappa shape index (κ3) is 9.83. The van der Waals surface area contributed by atoms with Gasteiger partial charge in [0.2, 0.25) is 23.7 Å². The van der Waals surface area contributed by atoms with Gasteiger partial charge in [-0.25, -0.2) is 22.9 Å². The number of ether oxygens (including phenoxy) is 3. The summed E-state index contributed by atoms with van der Waals surface area (Å²) in [6.07, 6.45) is 1.09. The van der Waals surface area contributed by atoms with Gasteiger partial charge in [-0.05, 0) is 31.2 Å². The van der Waals surface area contributed by atoms with Crippen molar-refractivity contribution in [2.24, 2.45) is 0 Å². The molecule has 26 heteroatoms. The molecule has 0 aliphatic carbocycles. The summed E-state index contributed by atoms with van der Waals surface area (Å²) < 4.78 is 108. The van der Waals surface area contributed by atoms with Crippen molar-refractivity contribution >= 4 is 76.4 Å². The summed E-state index contributed by atoms with van der Waals surface area (Å²) >= 11 is 11.9. The fourth-order valence-electron chi connectivity index (χ4n) is 3.86. The number of sulfonamides is 2. The minimum atomic E-state index is -4.61. The van der Waals surface area contributed by atoms with E-state index in [9.17, 15) is 34.4 Å². The largest absolute Gasteiger partial charge is 0.481 e. The number of para-hydroxylation sites is 1. The number of hydrogen-bond donors (Lipinski definition) is 3. The van der Waals surface area contributed by atoms with Crippen LogP contribution < -0.4 is 29.0 Å². The highest BCUT2D eigenvalue weighted by atomic mass is 35.5. The number of fused-ring (bicyclic) bond motifs is 1. The lowest BCUT2D eigenvalue weighted by Gasteiger charge is -2.11. The molecule has 284 valence electrons. The van der Waals surface area contributed by atoms with Gasteiger partial charge < -0.3 is 14.2 Å². The van der Waals surface area contributed by atoms with Crippen molar-refractivity contribution in [3.8, 4) is 17.8 Å². The molecule has 2 amide bonds. The minimum absolute atomic E-state index is 0.0148. The van der Waals surface area contributed by atoms with Gasteiger partial charge in [-0.15, -0.1) is 5.10 Å². The number of nitrogens with one attached hydrogen (secondary N) is 3. The lowest BCUT2D eigenvalue weighted by molar-refractivity contribution is 0.256. The van der Waals surface area contributed by atoms with E-state index in [2.05, 4.69) is 40.1 Å². The van der Waals surface area contributed by atoms with Gasteiger partial charge in [-0.2, -0.15) is 45.7 Å². The number of sulfone groups is 1. The molecule has 0 radical (unpaired) electrons. The van der Waals surface area contributed by atoms with Gasteiger partial charge >= 0.3 is 12.0 Å². The van der Waals surface area contributed by atoms with Crippen LogP contribution in [0.25, 0.3) is 5.65 Å². The monoisotopic (exact) mass is 836 g/mol. The van der Waals surface area contributed by atoms with Crippen LogP contribution >= 0.6 is 23.2 Å². The number of carbonyl (C=O) groups excluding carboxylic acids is 1. The maximum Gasteiger partial charge on any atom is 0.335 e. The lowest BCUT2D eigenvalue weighted by atomic mass is 10.3. The summed E-state index contributed by atoms with van der Waals surface area (Å²) in [6.45, 7) is 3.20. The van der Waals surface area contributed by atoms with Gasteiger partial charge in [0.1, 0.15) is 4.90 Å². The summed E-state index contributed by atoms with van der Waals surface area (Å²) in [6, 6.07) is 7.68.